The summed E-state index contributed by atoms with van der Waals surface area (Å²) in [4.78, 5) is 0. The van der Waals surface area contributed by atoms with Crippen LogP contribution in [0.2, 0.25) is 5.02 Å². The topological polar surface area (TPSA) is 18.5 Å². The van der Waals surface area contributed by atoms with Gasteiger partial charge >= 0.3 is 0 Å². The van der Waals surface area contributed by atoms with Crippen molar-refractivity contribution < 1.29 is 9.47 Å². The molecule has 0 saturated carbocycles. The van der Waals surface area contributed by atoms with Crippen molar-refractivity contribution in [2.75, 3.05) is 13.7 Å². The van der Waals surface area contributed by atoms with Crippen LogP contribution in [0.5, 0.6) is 5.75 Å². The van der Waals surface area contributed by atoms with E-state index in [9.17, 15) is 0 Å². The Balaban J connectivity index is 2.49. The molecule has 78 valence electrons. The van der Waals surface area contributed by atoms with Crippen LogP contribution in [0.25, 0.3) is 0 Å². The van der Waals surface area contributed by atoms with Crippen LogP contribution < -0.4 is 4.74 Å². The summed E-state index contributed by atoms with van der Waals surface area (Å²) in [5.41, 5.74) is 0. The number of methoxy groups -OCH3 is 1. The first-order valence-electron chi connectivity index (χ1n) is 4.68. The Kier molecular flexibility index (Phi) is 4.77. The molecule has 0 spiro atoms. The highest BCUT2D eigenvalue weighted by Crippen LogP contribution is 2.23. The van der Waals surface area contributed by atoms with Crippen molar-refractivity contribution in [2.45, 2.75) is 19.4 Å². The van der Waals surface area contributed by atoms with E-state index in [1.165, 1.54) is 0 Å². The fraction of sp³-hybridized carbons (Fsp3) is 0.455. The molecule has 0 fully saturated rings. The largest absolute Gasteiger partial charge is 0.489 e. The van der Waals surface area contributed by atoms with Gasteiger partial charge in [-0.3, -0.25) is 0 Å². The van der Waals surface area contributed by atoms with E-state index in [1.54, 1.807) is 7.11 Å². The van der Waals surface area contributed by atoms with Crippen molar-refractivity contribution in [2.24, 2.45) is 0 Å². The number of hydrogen-bond donors (Lipinski definition) is 0. The number of benzene rings is 1. The summed E-state index contributed by atoms with van der Waals surface area (Å²) >= 11 is 5.93. The maximum atomic E-state index is 5.93. The molecule has 2 nitrogen and oxygen atoms in total. The minimum atomic E-state index is 0.131. The Labute approximate surface area is 89.8 Å². The highest BCUT2D eigenvalue weighted by Gasteiger charge is 2.06. The van der Waals surface area contributed by atoms with Crippen molar-refractivity contribution in [3.05, 3.63) is 29.3 Å². The van der Waals surface area contributed by atoms with Gasteiger partial charge in [-0.15, -0.1) is 0 Å². The van der Waals surface area contributed by atoms with Crippen molar-refractivity contribution in [3.63, 3.8) is 0 Å². The average molecular weight is 215 g/mol. The summed E-state index contributed by atoms with van der Waals surface area (Å²) < 4.78 is 10.7. The predicted octanol–water partition coefficient (Wildman–Crippen LogP) is 3.14. The van der Waals surface area contributed by atoms with E-state index in [1.807, 2.05) is 24.3 Å². The van der Waals surface area contributed by atoms with E-state index in [0.29, 0.717) is 17.4 Å². The summed E-state index contributed by atoms with van der Waals surface area (Å²) in [7, 11) is 1.68. The highest BCUT2D eigenvalue weighted by atomic mass is 35.5. The second-order valence-electron chi connectivity index (χ2n) is 3.01. The molecule has 1 aromatic rings. The Morgan fingerprint density at radius 1 is 1.36 bits per heavy atom. The van der Waals surface area contributed by atoms with Crippen LogP contribution in [-0.2, 0) is 4.74 Å². The molecule has 1 unspecified atom stereocenters. The molecule has 0 N–H and O–H groups in total. The molecular formula is C11H15ClO2. The van der Waals surface area contributed by atoms with Crippen LogP contribution in [-0.4, -0.2) is 19.8 Å². The number of halogens is 1. The fourth-order valence-corrected chi connectivity index (χ4v) is 1.29. The van der Waals surface area contributed by atoms with Gasteiger partial charge in [-0.25, -0.2) is 0 Å². The zero-order chi connectivity index (χ0) is 10.4. The molecule has 1 rings (SSSR count). The van der Waals surface area contributed by atoms with Crippen LogP contribution in [0.15, 0.2) is 24.3 Å². The second kappa shape index (κ2) is 5.89. The molecule has 14 heavy (non-hydrogen) atoms. The Morgan fingerprint density at radius 2 is 2.07 bits per heavy atom. The zero-order valence-corrected chi connectivity index (χ0v) is 9.25. The maximum absolute atomic E-state index is 5.93. The van der Waals surface area contributed by atoms with Gasteiger partial charge in [0.15, 0.2) is 0 Å². The summed E-state index contributed by atoms with van der Waals surface area (Å²) in [6, 6.07) is 7.44. The molecule has 0 radical (unpaired) electrons. The molecule has 0 aromatic heterocycles. The average Bonchev–Trinajstić information content (AvgIpc) is 2.22. The van der Waals surface area contributed by atoms with Gasteiger partial charge in [0.1, 0.15) is 12.4 Å². The van der Waals surface area contributed by atoms with Crippen LogP contribution in [0.4, 0.5) is 0 Å². The molecule has 3 heteroatoms. The van der Waals surface area contributed by atoms with Crippen molar-refractivity contribution in [3.8, 4) is 5.75 Å². The van der Waals surface area contributed by atoms with E-state index in [-0.39, 0.29) is 6.10 Å². The second-order valence-corrected chi connectivity index (χ2v) is 3.41. The predicted molar refractivity (Wildman–Crippen MR) is 58.0 cm³/mol. The van der Waals surface area contributed by atoms with Gasteiger partial charge in [0, 0.05) is 7.11 Å². The lowest BCUT2D eigenvalue weighted by Gasteiger charge is -2.14. The number of para-hydroxylation sites is 1. The van der Waals surface area contributed by atoms with E-state index >= 15 is 0 Å². The van der Waals surface area contributed by atoms with Gasteiger partial charge in [0.25, 0.3) is 0 Å². The van der Waals surface area contributed by atoms with Gasteiger partial charge in [-0.05, 0) is 18.6 Å². The van der Waals surface area contributed by atoms with E-state index in [2.05, 4.69) is 6.92 Å². The van der Waals surface area contributed by atoms with Crippen LogP contribution >= 0.6 is 11.6 Å². The minimum absolute atomic E-state index is 0.131. The number of ether oxygens (including phenoxy) is 2. The normalized spacial score (nSPS) is 12.5. The third kappa shape index (κ3) is 3.20. The first-order valence-corrected chi connectivity index (χ1v) is 5.05. The molecule has 1 atom stereocenters. The monoisotopic (exact) mass is 214 g/mol. The summed E-state index contributed by atoms with van der Waals surface area (Å²) in [6.45, 7) is 2.60. The quantitative estimate of drug-likeness (QED) is 0.750. The summed E-state index contributed by atoms with van der Waals surface area (Å²) in [6.07, 6.45) is 1.06. The molecule has 1 aromatic carbocycles. The Hall–Kier alpha value is -0.730. The van der Waals surface area contributed by atoms with Gasteiger partial charge in [-0.2, -0.15) is 0 Å². The van der Waals surface area contributed by atoms with Crippen molar-refractivity contribution >= 4 is 11.6 Å². The molecule has 0 heterocycles. The lowest BCUT2D eigenvalue weighted by molar-refractivity contribution is 0.0556. The SMILES string of the molecule is CCC(COc1ccccc1Cl)OC. The van der Waals surface area contributed by atoms with E-state index in [4.69, 9.17) is 21.1 Å². The lowest BCUT2D eigenvalue weighted by Crippen LogP contribution is -2.19. The third-order valence-corrected chi connectivity index (χ3v) is 2.36. The van der Waals surface area contributed by atoms with Gasteiger partial charge in [-0.1, -0.05) is 30.7 Å². The van der Waals surface area contributed by atoms with E-state index < -0.39 is 0 Å². The van der Waals surface area contributed by atoms with Crippen LogP contribution in [0.1, 0.15) is 13.3 Å². The zero-order valence-electron chi connectivity index (χ0n) is 8.50. The molecule has 0 aliphatic carbocycles. The van der Waals surface area contributed by atoms with Crippen molar-refractivity contribution in [1.29, 1.82) is 0 Å². The number of hydrogen-bond acceptors (Lipinski definition) is 2. The maximum Gasteiger partial charge on any atom is 0.138 e. The fourth-order valence-electron chi connectivity index (χ4n) is 1.10. The lowest BCUT2D eigenvalue weighted by atomic mass is 10.3. The minimum Gasteiger partial charge on any atom is -0.489 e. The highest BCUT2D eigenvalue weighted by molar-refractivity contribution is 6.32. The van der Waals surface area contributed by atoms with Gasteiger partial charge < -0.3 is 9.47 Å². The summed E-state index contributed by atoms with van der Waals surface area (Å²) in [5.74, 6) is 0.713. The van der Waals surface area contributed by atoms with Crippen LogP contribution in [0, 0.1) is 0 Å². The molecule has 0 bridgehead atoms. The van der Waals surface area contributed by atoms with E-state index in [0.717, 1.165) is 6.42 Å². The first kappa shape index (κ1) is 11.3. The molecule has 0 aliphatic heterocycles. The molecule has 0 saturated heterocycles. The first-order chi connectivity index (χ1) is 6.77. The smallest absolute Gasteiger partial charge is 0.138 e. The standard InChI is InChI=1S/C11H15ClO2/c1-3-9(13-2)8-14-11-7-5-4-6-10(11)12/h4-7,9H,3,8H2,1-2H3. The molecular weight excluding hydrogens is 200 g/mol. The van der Waals surface area contributed by atoms with Crippen LogP contribution in [0.3, 0.4) is 0 Å². The van der Waals surface area contributed by atoms with Gasteiger partial charge in [0.05, 0.1) is 11.1 Å². The number of rotatable bonds is 5. The summed E-state index contributed by atoms with van der Waals surface area (Å²) in [5, 5.41) is 0.637. The van der Waals surface area contributed by atoms with Crippen molar-refractivity contribution in [1.82, 2.24) is 0 Å². The Bertz CT molecular complexity index is 272. The Morgan fingerprint density at radius 3 is 2.64 bits per heavy atom. The third-order valence-electron chi connectivity index (χ3n) is 2.05. The van der Waals surface area contributed by atoms with Gasteiger partial charge in [0.2, 0.25) is 0 Å². The molecule has 0 aliphatic rings. The molecule has 0 amide bonds.